The Morgan fingerprint density at radius 3 is 2.82 bits per heavy atom. The van der Waals surface area contributed by atoms with Crippen molar-refractivity contribution in [3.8, 4) is 6.07 Å². The van der Waals surface area contributed by atoms with E-state index in [1.165, 1.54) is 0 Å². The van der Waals surface area contributed by atoms with Crippen LogP contribution in [-0.2, 0) is 19.9 Å². The molecule has 0 bridgehead atoms. The van der Waals surface area contributed by atoms with Crippen molar-refractivity contribution in [3.05, 3.63) is 52.6 Å². The van der Waals surface area contributed by atoms with E-state index >= 15 is 0 Å². The Balaban J connectivity index is 2.16. The summed E-state index contributed by atoms with van der Waals surface area (Å²) in [6, 6.07) is 9.87. The van der Waals surface area contributed by atoms with Crippen LogP contribution in [0.1, 0.15) is 17.0 Å². The molecule has 2 aromatic rings. The highest BCUT2D eigenvalue weighted by Crippen LogP contribution is 2.18. The third-order valence-electron chi connectivity index (χ3n) is 2.75. The lowest BCUT2D eigenvalue weighted by molar-refractivity contribution is 0.796. The predicted molar refractivity (Wildman–Crippen MR) is 66.8 cm³/mol. The van der Waals surface area contributed by atoms with Gasteiger partial charge in [-0.15, -0.1) is 0 Å². The van der Waals surface area contributed by atoms with Gasteiger partial charge >= 0.3 is 0 Å². The number of aryl methyl sites for hydroxylation is 2. The van der Waals surface area contributed by atoms with Crippen molar-refractivity contribution in [2.75, 3.05) is 0 Å². The first-order valence-corrected chi connectivity index (χ1v) is 5.74. The lowest BCUT2D eigenvalue weighted by Crippen LogP contribution is -2.00. The molecule has 0 aliphatic rings. The maximum absolute atomic E-state index is 8.93. The monoisotopic (exact) mass is 245 g/mol. The molecule has 2 rings (SSSR count). The molecule has 0 aliphatic heterocycles. The molecule has 1 heterocycles. The van der Waals surface area contributed by atoms with Crippen molar-refractivity contribution in [1.82, 2.24) is 9.55 Å². The van der Waals surface area contributed by atoms with Gasteiger partial charge in [-0.25, -0.2) is 4.98 Å². The van der Waals surface area contributed by atoms with Crippen molar-refractivity contribution in [1.29, 1.82) is 5.26 Å². The molecule has 3 nitrogen and oxygen atoms in total. The summed E-state index contributed by atoms with van der Waals surface area (Å²) in [5.74, 6) is 0. The number of benzene rings is 1. The largest absolute Gasteiger partial charge is 0.336 e. The third kappa shape index (κ3) is 2.48. The standard InChI is InChI=1S/C13H12ClN3/c1-17-9-16-12(8-15)13(17)7-6-10-4-2-3-5-11(10)14/h2-5,9H,6-7H2,1H3. The summed E-state index contributed by atoms with van der Waals surface area (Å²) in [5, 5.41) is 9.70. The maximum atomic E-state index is 8.93. The van der Waals surface area contributed by atoms with Gasteiger partial charge in [-0.3, -0.25) is 0 Å². The second kappa shape index (κ2) is 5.03. The predicted octanol–water partition coefficient (Wildman–Crippen LogP) is 2.73. The number of rotatable bonds is 3. The number of halogens is 1. The van der Waals surface area contributed by atoms with Gasteiger partial charge < -0.3 is 4.57 Å². The van der Waals surface area contributed by atoms with Crippen LogP contribution in [0, 0.1) is 11.3 Å². The second-order valence-corrected chi connectivity index (χ2v) is 4.26. The minimum atomic E-state index is 0.500. The van der Waals surface area contributed by atoms with Crippen molar-refractivity contribution in [2.24, 2.45) is 7.05 Å². The molecule has 4 heteroatoms. The topological polar surface area (TPSA) is 41.6 Å². The van der Waals surface area contributed by atoms with E-state index in [4.69, 9.17) is 16.9 Å². The minimum absolute atomic E-state index is 0.500. The van der Waals surface area contributed by atoms with Gasteiger partial charge in [0.2, 0.25) is 0 Å². The molecule has 86 valence electrons. The smallest absolute Gasteiger partial charge is 0.161 e. The zero-order valence-electron chi connectivity index (χ0n) is 9.52. The molecule has 0 atom stereocenters. The first kappa shape index (κ1) is 11.7. The van der Waals surface area contributed by atoms with E-state index < -0.39 is 0 Å². The van der Waals surface area contributed by atoms with Crippen molar-refractivity contribution < 1.29 is 0 Å². The molecule has 0 radical (unpaired) electrons. The van der Waals surface area contributed by atoms with E-state index in [0.717, 1.165) is 29.1 Å². The average molecular weight is 246 g/mol. The highest BCUT2D eigenvalue weighted by molar-refractivity contribution is 6.31. The fourth-order valence-corrected chi connectivity index (χ4v) is 2.03. The van der Waals surface area contributed by atoms with Gasteiger partial charge in [-0.1, -0.05) is 29.8 Å². The van der Waals surface area contributed by atoms with E-state index in [9.17, 15) is 0 Å². The van der Waals surface area contributed by atoms with Gasteiger partial charge in [-0.2, -0.15) is 5.26 Å². The Morgan fingerprint density at radius 1 is 1.35 bits per heavy atom. The zero-order valence-corrected chi connectivity index (χ0v) is 10.3. The van der Waals surface area contributed by atoms with E-state index in [2.05, 4.69) is 11.1 Å². The molecule has 17 heavy (non-hydrogen) atoms. The molecular formula is C13H12ClN3. The lowest BCUT2D eigenvalue weighted by Gasteiger charge is -2.05. The molecule has 0 N–H and O–H groups in total. The lowest BCUT2D eigenvalue weighted by atomic mass is 10.1. The molecule has 1 aromatic heterocycles. The van der Waals surface area contributed by atoms with Crippen LogP contribution in [0.3, 0.4) is 0 Å². The van der Waals surface area contributed by atoms with Crippen LogP contribution in [0.25, 0.3) is 0 Å². The Labute approximate surface area is 105 Å². The maximum Gasteiger partial charge on any atom is 0.161 e. The Hall–Kier alpha value is -1.79. The van der Waals surface area contributed by atoms with Gasteiger partial charge in [-0.05, 0) is 24.5 Å². The zero-order chi connectivity index (χ0) is 12.3. The molecule has 0 fully saturated rings. The summed E-state index contributed by atoms with van der Waals surface area (Å²) in [4.78, 5) is 4.04. The quantitative estimate of drug-likeness (QED) is 0.834. The Morgan fingerprint density at radius 2 is 2.12 bits per heavy atom. The minimum Gasteiger partial charge on any atom is -0.336 e. The number of nitriles is 1. The molecule has 0 amide bonds. The summed E-state index contributed by atoms with van der Waals surface area (Å²) < 4.78 is 1.88. The van der Waals surface area contributed by atoms with Crippen LogP contribution < -0.4 is 0 Å². The molecule has 0 saturated carbocycles. The van der Waals surface area contributed by atoms with Gasteiger partial charge in [0.05, 0.1) is 12.0 Å². The van der Waals surface area contributed by atoms with Gasteiger partial charge in [0.15, 0.2) is 5.69 Å². The number of aromatic nitrogens is 2. The molecule has 0 unspecified atom stereocenters. The molecular weight excluding hydrogens is 234 g/mol. The summed E-state index contributed by atoms with van der Waals surface area (Å²) in [6.07, 6.45) is 3.25. The normalized spacial score (nSPS) is 10.2. The van der Waals surface area contributed by atoms with Gasteiger partial charge in [0, 0.05) is 12.1 Å². The van der Waals surface area contributed by atoms with Crippen LogP contribution in [0.2, 0.25) is 5.02 Å². The first-order valence-electron chi connectivity index (χ1n) is 5.36. The van der Waals surface area contributed by atoms with E-state index in [-0.39, 0.29) is 0 Å². The highest BCUT2D eigenvalue weighted by atomic mass is 35.5. The van der Waals surface area contributed by atoms with Crippen molar-refractivity contribution in [3.63, 3.8) is 0 Å². The summed E-state index contributed by atoms with van der Waals surface area (Å²) in [7, 11) is 1.90. The number of hydrogen-bond donors (Lipinski definition) is 0. The molecule has 0 saturated heterocycles. The molecule has 1 aromatic carbocycles. The number of hydrogen-bond acceptors (Lipinski definition) is 2. The van der Waals surface area contributed by atoms with Crippen LogP contribution >= 0.6 is 11.6 Å². The molecule has 0 aliphatic carbocycles. The Kier molecular flexibility index (Phi) is 3.46. The summed E-state index contributed by atoms with van der Waals surface area (Å²) in [6.45, 7) is 0. The van der Waals surface area contributed by atoms with Gasteiger partial charge in [0.25, 0.3) is 0 Å². The third-order valence-corrected chi connectivity index (χ3v) is 3.12. The number of nitrogens with zero attached hydrogens (tertiary/aromatic N) is 3. The van der Waals surface area contributed by atoms with E-state index in [0.29, 0.717) is 5.69 Å². The fraction of sp³-hybridized carbons (Fsp3) is 0.231. The highest BCUT2D eigenvalue weighted by Gasteiger charge is 2.09. The molecule has 0 spiro atoms. The Bertz CT molecular complexity index is 566. The average Bonchev–Trinajstić information content (AvgIpc) is 2.69. The first-order chi connectivity index (χ1) is 8.22. The van der Waals surface area contributed by atoms with Crippen LogP contribution in [0.5, 0.6) is 0 Å². The van der Waals surface area contributed by atoms with Crippen LogP contribution in [-0.4, -0.2) is 9.55 Å². The second-order valence-electron chi connectivity index (χ2n) is 3.85. The van der Waals surface area contributed by atoms with Crippen LogP contribution in [0.4, 0.5) is 0 Å². The van der Waals surface area contributed by atoms with Crippen molar-refractivity contribution in [2.45, 2.75) is 12.8 Å². The summed E-state index contributed by atoms with van der Waals surface area (Å²) in [5.41, 5.74) is 2.55. The fourth-order valence-electron chi connectivity index (χ4n) is 1.80. The van der Waals surface area contributed by atoms with E-state index in [1.54, 1.807) is 6.33 Å². The summed E-state index contributed by atoms with van der Waals surface area (Å²) >= 11 is 6.09. The van der Waals surface area contributed by atoms with Gasteiger partial charge in [0.1, 0.15) is 6.07 Å². The number of imidazole rings is 1. The SMILES string of the molecule is Cn1cnc(C#N)c1CCc1ccccc1Cl. The van der Waals surface area contributed by atoms with Crippen LogP contribution in [0.15, 0.2) is 30.6 Å². The van der Waals surface area contributed by atoms with Crippen molar-refractivity contribution >= 4 is 11.6 Å². The van der Waals surface area contributed by atoms with E-state index in [1.807, 2.05) is 35.9 Å².